The van der Waals surface area contributed by atoms with E-state index in [2.05, 4.69) is 40.8 Å². The predicted octanol–water partition coefficient (Wildman–Crippen LogP) is 2.37. The van der Waals surface area contributed by atoms with Crippen LogP contribution in [0.3, 0.4) is 0 Å². The molecule has 0 saturated carbocycles. The molecule has 0 radical (unpaired) electrons. The second kappa shape index (κ2) is 8.64. The lowest BCUT2D eigenvalue weighted by molar-refractivity contribution is 0.152. The summed E-state index contributed by atoms with van der Waals surface area (Å²) in [5, 5.41) is 10.4. The first-order chi connectivity index (χ1) is 9.99. The number of fused-ring (bicyclic) bond motifs is 1. The van der Waals surface area contributed by atoms with Gasteiger partial charge in [-0.1, -0.05) is 0 Å². The van der Waals surface area contributed by atoms with Crippen LogP contribution in [-0.2, 0) is 12.8 Å². The van der Waals surface area contributed by atoms with Crippen LogP contribution in [0.25, 0.3) is 0 Å². The highest BCUT2D eigenvalue weighted by Gasteiger charge is 2.23. The van der Waals surface area contributed by atoms with Crippen LogP contribution in [0.1, 0.15) is 37.6 Å². The van der Waals surface area contributed by atoms with Gasteiger partial charge in [-0.05, 0) is 32.3 Å². The van der Waals surface area contributed by atoms with Gasteiger partial charge < -0.3 is 10.6 Å². The van der Waals surface area contributed by atoms with Crippen LogP contribution in [0.2, 0.25) is 0 Å². The molecule has 0 fully saturated rings. The Bertz CT molecular complexity index is 501. The number of aromatic nitrogens is 2. The molecule has 5 nitrogen and oxygen atoms in total. The number of aliphatic imine (C=N–C) groups is 1. The van der Waals surface area contributed by atoms with Gasteiger partial charge in [0.05, 0.1) is 12.2 Å². The summed E-state index contributed by atoms with van der Waals surface area (Å²) in [6, 6.07) is 0.527. The third kappa shape index (κ3) is 5.06. The molecule has 1 aromatic heterocycles. The van der Waals surface area contributed by atoms with Crippen LogP contribution in [0.5, 0.6) is 0 Å². The van der Waals surface area contributed by atoms with Crippen molar-refractivity contribution in [3.05, 3.63) is 17.5 Å². The zero-order chi connectivity index (χ0) is 15.4. The van der Waals surface area contributed by atoms with E-state index in [1.54, 1.807) is 7.05 Å². The van der Waals surface area contributed by atoms with Crippen LogP contribution < -0.4 is 10.6 Å². The molecular formula is C14H24F2IN5. The van der Waals surface area contributed by atoms with Gasteiger partial charge in [-0.2, -0.15) is 5.10 Å². The topological polar surface area (TPSA) is 54.2 Å². The third-order valence-electron chi connectivity index (χ3n) is 3.61. The number of halogens is 3. The van der Waals surface area contributed by atoms with E-state index >= 15 is 0 Å². The van der Waals surface area contributed by atoms with Gasteiger partial charge >= 0.3 is 0 Å². The highest BCUT2D eigenvalue weighted by molar-refractivity contribution is 14.0. The van der Waals surface area contributed by atoms with Gasteiger partial charge in [-0.15, -0.1) is 24.0 Å². The Kier molecular flexibility index (Phi) is 7.51. The molecule has 1 heterocycles. The highest BCUT2D eigenvalue weighted by Crippen LogP contribution is 2.21. The molecule has 0 spiro atoms. The summed E-state index contributed by atoms with van der Waals surface area (Å²) in [5.41, 5.74) is 2.38. The number of hydrogen-bond donors (Lipinski definition) is 2. The van der Waals surface area contributed by atoms with E-state index in [9.17, 15) is 8.78 Å². The summed E-state index contributed by atoms with van der Waals surface area (Å²) in [7, 11) is 1.59. The number of nitrogens with zero attached hydrogens (tertiary/aromatic N) is 3. The van der Waals surface area contributed by atoms with Crippen LogP contribution in [0.15, 0.2) is 11.2 Å². The molecule has 0 aromatic carbocycles. The van der Waals surface area contributed by atoms with Crippen molar-refractivity contribution in [1.29, 1.82) is 0 Å². The van der Waals surface area contributed by atoms with E-state index < -0.39 is 6.43 Å². The maximum absolute atomic E-state index is 12.2. The Labute approximate surface area is 147 Å². The largest absolute Gasteiger partial charge is 0.353 e. The molecular weight excluding hydrogens is 403 g/mol. The molecule has 0 saturated heterocycles. The van der Waals surface area contributed by atoms with Gasteiger partial charge in [-0.3, -0.25) is 9.67 Å². The molecule has 1 atom stereocenters. The molecule has 126 valence electrons. The van der Waals surface area contributed by atoms with Gasteiger partial charge in [0, 0.05) is 31.7 Å². The van der Waals surface area contributed by atoms with Crippen molar-refractivity contribution in [2.24, 2.45) is 4.99 Å². The monoisotopic (exact) mass is 427 g/mol. The molecule has 0 bridgehead atoms. The SMILES string of the molecule is CN=C(NCC(F)F)NC1CCc2cn(C(C)C)nc2C1.I. The minimum Gasteiger partial charge on any atom is -0.353 e. The zero-order valence-corrected chi connectivity index (χ0v) is 15.5. The van der Waals surface area contributed by atoms with Gasteiger partial charge in [0.25, 0.3) is 6.43 Å². The van der Waals surface area contributed by atoms with E-state index in [4.69, 9.17) is 0 Å². The molecule has 0 aliphatic heterocycles. The fraction of sp³-hybridized carbons (Fsp3) is 0.714. The van der Waals surface area contributed by atoms with E-state index in [1.165, 1.54) is 5.56 Å². The molecule has 1 aromatic rings. The summed E-state index contributed by atoms with van der Waals surface area (Å²) in [6.45, 7) is 3.81. The van der Waals surface area contributed by atoms with Crippen LogP contribution in [-0.4, -0.2) is 41.8 Å². The van der Waals surface area contributed by atoms with E-state index in [0.29, 0.717) is 12.0 Å². The van der Waals surface area contributed by atoms with Crippen molar-refractivity contribution in [2.45, 2.75) is 51.6 Å². The first-order valence-corrected chi connectivity index (χ1v) is 7.31. The number of guanidine groups is 1. The molecule has 2 N–H and O–H groups in total. The summed E-state index contributed by atoms with van der Waals surface area (Å²) < 4.78 is 26.4. The van der Waals surface area contributed by atoms with Crippen molar-refractivity contribution >= 4 is 29.9 Å². The highest BCUT2D eigenvalue weighted by atomic mass is 127. The Morgan fingerprint density at radius 1 is 1.50 bits per heavy atom. The van der Waals surface area contributed by atoms with E-state index in [1.807, 2.05) is 4.68 Å². The first kappa shape index (κ1) is 19.1. The Morgan fingerprint density at radius 2 is 2.23 bits per heavy atom. The van der Waals surface area contributed by atoms with Crippen LogP contribution in [0.4, 0.5) is 8.78 Å². The second-order valence-electron chi connectivity index (χ2n) is 5.60. The molecule has 1 aliphatic carbocycles. The maximum atomic E-state index is 12.2. The zero-order valence-electron chi connectivity index (χ0n) is 13.1. The second-order valence-corrected chi connectivity index (χ2v) is 5.60. The number of alkyl halides is 2. The number of nitrogens with one attached hydrogen (secondary N) is 2. The van der Waals surface area contributed by atoms with Crippen molar-refractivity contribution < 1.29 is 8.78 Å². The Balaban J connectivity index is 0.00000242. The molecule has 1 aliphatic rings. The van der Waals surface area contributed by atoms with Crippen molar-refractivity contribution in [1.82, 2.24) is 20.4 Å². The predicted molar refractivity (Wildman–Crippen MR) is 94.3 cm³/mol. The average molecular weight is 427 g/mol. The minimum absolute atomic E-state index is 0. The average Bonchev–Trinajstić information content (AvgIpc) is 2.86. The Hall–Kier alpha value is -0.930. The lowest BCUT2D eigenvalue weighted by atomic mass is 9.94. The summed E-state index contributed by atoms with van der Waals surface area (Å²) in [5.74, 6) is 0.423. The fourth-order valence-corrected chi connectivity index (χ4v) is 2.46. The van der Waals surface area contributed by atoms with Crippen LogP contribution >= 0.6 is 24.0 Å². The van der Waals surface area contributed by atoms with Crippen molar-refractivity contribution in [2.75, 3.05) is 13.6 Å². The molecule has 0 amide bonds. The quantitative estimate of drug-likeness (QED) is 0.441. The van der Waals surface area contributed by atoms with Gasteiger partial charge in [0.1, 0.15) is 0 Å². The summed E-state index contributed by atoms with van der Waals surface area (Å²) in [4.78, 5) is 3.98. The number of hydrogen-bond acceptors (Lipinski definition) is 2. The Morgan fingerprint density at radius 3 is 2.82 bits per heavy atom. The lowest BCUT2D eigenvalue weighted by Gasteiger charge is -2.24. The smallest absolute Gasteiger partial charge is 0.255 e. The molecule has 22 heavy (non-hydrogen) atoms. The van der Waals surface area contributed by atoms with E-state index in [-0.39, 0.29) is 36.6 Å². The number of rotatable bonds is 4. The van der Waals surface area contributed by atoms with Crippen molar-refractivity contribution in [3.63, 3.8) is 0 Å². The minimum atomic E-state index is -2.39. The van der Waals surface area contributed by atoms with E-state index in [0.717, 1.165) is 25.0 Å². The first-order valence-electron chi connectivity index (χ1n) is 7.31. The van der Waals surface area contributed by atoms with Gasteiger partial charge in [-0.25, -0.2) is 8.78 Å². The lowest BCUT2D eigenvalue weighted by Crippen LogP contribution is -2.46. The number of aryl methyl sites for hydroxylation is 1. The molecule has 1 unspecified atom stereocenters. The standard InChI is InChI=1S/C14H23F2N5.HI/c1-9(2)21-8-10-4-5-11(6-12(10)20-21)19-14(17-3)18-7-13(15)16;/h8-9,11,13H,4-7H2,1-3H3,(H2,17,18,19);1H. The third-order valence-corrected chi connectivity index (χ3v) is 3.61. The van der Waals surface area contributed by atoms with Crippen molar-refractivity contribution in [3.8, 4) is 0 Å². The van der Waals surface area contributed by atoms with Gasteiger partial charge in [0.15, 0.2) is 5.96 Å². The fourth-order valence-electron chi connectivity index (χ4n) is 2.46. The van der Waals surface area contributed by atoms with Crippen LogP contribution in [0, 0.1) is 0 Å². The molecule has 2 rings (SSSR count). The summed E-state index contributed by atoms with van der Waals surface area (Å²) >= 11 is 0. The normalized spacial score (nSPS) is 18.1. The summed E-state index contributed by atoms with van der Waals surface area (Å²) in [6.07, 6.45) is 2.42. The maximum Gasteiger partial charge on any atom is 0.255 e. The van der Waals surface area contributed by atoms with Gasteiger partial charge in [0.2, 0.25) is 0 Å². The molecule has 8 heteroatoms.